The molecular formula is C16H21ClO. The van der Waals surface area contributed by atoms with Gasteiger partial charge in [0.25, 0.3) is 0 Å². The molecule has 0 N–H and O–H groups in total. The summed E-state index contributed by atoms with van der Waals surface area (Å²) in [5, 5.41) is 0. The highest BCUT2D eigenvalue weighted by molar-refractivity contribution is 6.25. The summed E-state index contributed by atoms with van der Waals surface area (Å²) >= 11 is 5.64. The van der Waals surface area contributed by atoms with E-state index in [1.165, 1.54) is 36.8 Å². The van der Waals surface area contributed by atoms with E-state index in [2.05, 4.69) is 30.3 Å². The average molecular weight is 265 g/mol. The van der Waals surface area contributed by atoms with Gasteiger partial charge in [-0.25, -0.2) is 0 Å². The van der Waals surface area contributed by atoms with E-state index in [4.69, 9.17) is 16.3 Å². The Morgan fingerprint density at radius 2 is 1.83 bits per heavy atom. The molecule has 98 valence electrons. The van der Waals surface area contributed by atoms with Crippen LogP contribution in [0, 0.1) is 5.92 Å². The second kappa shape index (κ2) is 6.96. The Balaban J connectivity index is 1.92. The first kappa shape index (κ1) is 13.6. The highest BCUT2D eigenvalue weighted by Gasteiger charge is 2.20. The van der Waals surface area contributed by atoms with Crippen molar-refractivity contribution in [3.05, 3.63) is 47.0 Å². The van der Waals surface area contributed by atoms with E-state index in [9.17, 15) is 0 Å². The van der Waals surface area contributed by atoms with Crippen molar-refractivity contribution in [2.75, 3.05) is 7.11 Å². The van der Waals surface area contributed by atoms with Crippen LogP contribution in [-0.4, -0.2) is 7.11 Å². The number of ether oxygens (including phenoxy) is 1. The number of methoxy groups -OCH3 is 1. The summed E-state index contributed by atoms with van der Waals surface area (Å²) in [4.78, 5) is 0. The van der Waals surface area contributed by atoms with Crippen LogP contribution in [0.25, 0.3) is 0 Å². The van der Waals surface area contributed by atoms with Crippen molar-refractivity contribution < 1.29 is 4.74 Å². The lowest BCUT2D eigenvalue weighted by Crippen LogP contribution is -2.11. The maximum atomic E-state index is 5.64. The Hall–Kier alpha value is -0.790. The van der Waals surface area contributed by atoms with E-state index in [1.54, 1.807) is 12.6 Å². The maximum absolute atomic E-state index is 5.64. The zero-order valence-corrected chi connectivity index (χ0v) is 11.7. The van der Waals surface area contributed by atoms with E-state index < -0.39 is 0 Å². The molecule has 0 unspecified atom stereocenters. The van der Waals surface area contributed by atoms with Crippen LogP contribution in [0.2, 0.25) is 0 Å². The molecule has 1 fully saturated rings. The van der Waals surface area contributed by atoms with Gasteiger partial charge in [-0.15, -0.1) is 0 Å². The second-order valence-corrected chi connectivity index (χ2v) is 5.36. The van der Waals surface area contributed by atoms with E-state index in [0.29, 0.717) is 12.5 Å². The summed E-state index contributed by atoms with van der Waals surface area (Å²) in [6, 6.07) is 8.89. The van der Waals surface area contributed by atoms with Gasteiger partial charge in [-0.3, -0.25) is 0 Å². The minimum Gasteiger partial charge on any atom is -0.380 e. The topological polar surface area (TPSA) is 9.23 Å². The fourth-order valence-electron chi connectivity index (χ4n) is 2.80. The molecule has 0 aromatic heterocycles. The molecule has 0 saturated heterocycles. The first-order valence-electron chi connectivity index (χ1n) is 6.68. The zero-order valence-electron chi connectivity index (χ0n) is 10.9. The molecule has 0 amide bonds. The highest BCUT2D eigenvalue weighted by atomic mass is 35.5. The van der Waals surface area contributed by atoms with Crippen LogP contribution in [0.5, 0.6) is 0 Å². The molecule has 1 aromatic carbocycles. The van der Waals surface area contributed by atoms with Crippen LogP contribution in [0.3, 0.4) is 0 Å². The summed E-state index contributed by atoms with van der Waals surface area (Å²) < 4.78 is 5.13. The van der Waals surface area contributed by atoms with Gasteiger partial charge < -0.3 is 4.74 Å². The summed E-state index contributed by atoms with van der Waals surface area (Å²) in [6.07, 6.45) is 7.20. The Morgan fingerprint density at radius 3 is 2.39 bits per heavy atom. The molecule has 2 rings (SSSR count). The second-order valence-electron chi connectivity index (χ2n) is 5.10. The fraction of sp³-hybridized carbons (Fsp3) is 0.500. The Bertz CT molecular complexity index is 375. The molecule has 1 saturated carbocycles. The van der Waals surface area contributed by atoms with Crippen molar-refractivity contribution in [3.63, 3.8) is 0 Å². The molecule has 2 heteroatoms. The summed E-state index contributed by atoms with van der Waals surface area (Å²) in [5.74, 6) is 1.41. The Morgan fingerprint density at radius 1 is 1.17 bits per heavy atom. The number of halogens is 1. The van der Waals surface area contributed by atoms with Crippen LogP contribution in [0.15, 0.2) is 35.9 Å². The van der Waals surface area contributed by atoms with Crippen molar-refractivity contribution >= 4 is 11.6 Å². The SMILES string of the molecule is COCc1ccc(C2CCC(C=CCl)CC2)cc1. The van der Waals surface area contributed by atoms with Crippen LogP contribution in [0.4, 0.5) is 0 Å². The molecule has 1 aromatic rings. The van der Waals surface area contributed by atoms with Crippen LogP contribution in [-0.2, 0) is 11.3 Å². The number of rotatable bonds is 4. The van der Waals surface area contributed by atoms with E-state index in [1.807, 2.05) is 0 Å². The standard InChI is InChI=1S/C16H21ClO/c1-18-12-14-4-8-16(9-5-14)15-6-2-13(3-7-15)10-11-17/h4-5,8-11,13,15H,2-3,6-7,12H2,1H3. The van der Waals surface area contributed by atoms with Gasteiger partial charge in [-0.2, -0.15) is 0 Å². The van der Waals surface area contributed by atoms with Gasteiger partial charge in [0, 0.05) is 12.6 Å². The van der Waals surface area contributed by atoms with E-state index >= 15 is 0 Å². The minimum absolute atomic E-state index is 0.687. The number of hydrogen-bond acceptors (Lipinski definition) is 1. The molecule has 0 aliphatic heterocycles. The third-order valence-corrected chi connectivity index (χ3v) is 4.02. The first-order valence-corrected chi connectivity index (χ1v) is 7.11. The number of benzene rings is 1. The largest absolute Gasteiger partial charge is 0.380 e. The van der Waals surface area contributed by atoms with Gasteiger partial charge in [0.1, 0.15) is 0 Å². The van der Waals surface area contributed by atoms with Gasteiger partial charge in [0.05, 0.1) is 6.61 Å². The van der Waals surface area contributed by atoms with Crippen molar-refractivity contribution in [2.24, 2.45) is 5.92 Å². The first-order chi connectivity index (χ1) is 8.83. The lowest BCUT2D eigenvalue weighted by atomic mass is 9.79. The van der Waals surface area contributed by atoms with Gasteiger partial charge in [-0.1, -0.05) is 41.9 Å². The molecule has 1 aliphatic carbocycles. The quantitative estimate of drug-likeness (QED) is 0.755. The fourth-order valence-corrected chi connectivity index (χ4v) is 3.01. The van der Waals surface area contributed by atoms with Gasteiger partial charge in [0.15, 0.2) is 0 Å². The maximum Gasteiger partial charge on any atom is 0.0713 e. The minimum atomic E-state index is 0.687. The number of allylic oxidation sites excluding steroid dienone is 1. The van der Waals surface area contributed by atoms with Gasteiger partial charge >= 0.3 is 0 Å². The van der Waals surface area contributed by atoms with Crippen molar-refractivity contribution in [2.45, 2.75) is 38.2 Å². The average Bonchev–Trinajstić information content (AvgIpc) is 2.41. The molecule has 0 atom stereocenters. The summed E-state index contributed by atoms with van der Waals surface area (Å²) in [5.41, 5.74) is 4.40. The molecule has 1 aliphatic rings. The Labute approximate surface area is 115 Å². The van der Waals surface area contributed by atoms with Crippen LogP contribution in [0.1, 0.15) is 42.7 Å². The smallest absolute Gasteiger partial charge is 0.0713 e. The van der Waals surface area contributed by atoms with Gasteiger partial charge in [-0.05, 0) is 48.6 Å². The Kier molecular flexibility index (Phi) is 5.27. The van der Waals surface area contributed by atoms with Gasteiger partial charge in [0.2, 0.25) is 0 Å². The lowest BCUT2D eigenvalue weighted by Gasteiger charge is -2.27. The third-order valence-electron chi connectivity index (χ3n) is 3.88. The molecule has 0 spiro atoms. The molecule has 18 heavy (non-hydrogen) atoms. The van der Waals surface area contributed by atoms with Crippen molar-refractivity contribution in [1.82, 2.24) is 0 Å². The van der Waals surface area contributed by atoms with Crippen molar-refractivity contribution in [1.29, 1.82) is 0 Å². The third kappa shape index (κ3) is 3.60. The van der Waals surface area contributed by atoms with Crippen LogP contribution >= 0.6 is 11.6 Å². The van der Waals surface area contributed by atoms with Crippen molar-refractivity contribution in [3.8, 4) is 0 Å². The number of hydrogen-bond donors (Lipinski definition) is 0. The molecular weight excluding hydrogens is 244 g/mol. The molecule has 0 bridgehead atoms. The predicted octanol–water partition coefficient (Wildman–Crippen LogP) is 4.86. The highest BCUT2D eigenvalue weighted by Crippen LogP contribution is 2.36. The zero-order chi connectivity index (χ0) is 12.8. The normalized spacial score (nSPS) is 24.6. The molecule has 0 heterocycles. The molecule has 1 nitrogen and oxygen atoms in total. The van der Waals surface area contributed by atoms with E-state index in [-0.39, 0.29) is 0 Å². The van der Waals surface area contributed by atoms with Crippen LogP contribution < -0.4 is 0 Å². The summed E-state index contributed by atoms with van der Waals surface area (Å²) in [7, 11) is 1.74. The lowest BCUT2D eigenvalue weighted by molar-refractivity contribution is 0.185. The monoisotopic (exact) mass is 264 g/mol. The molecule has 0 radical (unpaired) electrons. The van der Waals surface area contributed by atoms with E-state index in [0.717, 1.165) is 5.92 Å². The predicted molar refractivity (Wildman–Crippen MR) is 76.8 cm³/mol. The summed E-state index contributed by atoms with van der Waals surface area (Å²) in [6.45, 7) is 0.702.